The van der Waals surface area contributed by atoms with Crippen molar-refractivity contribution in [1.29, 1.82) is 0 Å². The lowest BCUT2D eigenvalue weighted by Gasteiger charge is -2.12. The highest BCUT2D eigenvalue weighted by Crippen LogP contribution is 2.43. The third-order valence-corrected chi connectivity index (χ3v) is 4.76. The molecule has 0 radical (unpaired) electrons. The molecule has 2 aromatic carbocycles. The summed E-state index contributed by atoms with van der Waals surface area (Å²) in [6, 6.07) is 15.5. The number of hydrogen-bond donors (Lipinski definition) is 1. The Labute approximate surface area is 151 Å². The summed E-state index contributed by atoms with van der Waals surface area (Å²) in [5, 5.41) is 14.0. The third-order valence-electron chi connectivity index (χ3n) is 4.76. The maximum Gasteiger partial charge on any atom is 0.292 e. The molecule has 26 heavy (non-hydrogen) atoms. The quantitative estimate of drug-likeness (QED) is 0.528. The van der Waals surface area contributed by atoms with Crippen LogP contribution in [-0.2, 0) is 6.54 Å². The number of aromatic nitrogens is 2. The van der Waals surface area contributed by atoms with Crippen molar-refractivity contribution in [2.75, 3.05) is 12.4 Å². The Bertz CT molecular complexity index is 946. The molecule has 1 aliphatic rings. The number of benzene rings is 2. The van der Waals surface area contributed by atoms with Gasteiger partial charge in [0.2, 0.25) is 0 Å². The zero-order chi connectivity index (χ0) is 18.1. The lowest BCUT2D eigenvalue weighted by atomic mass is 10.1. The van der Waals surface area contributed by atoms with Gasteiger partial charge in [0.1, 0.15) is 5.69 Å². The van der Waals surface area contributed by atoms with Crippen LogP contribution in [0, 0.1) is 10.1 Å². The van der Waals surface area contributed by atoms with Crippen LogP contribution in [0.1, 0.15) is 30.0 Å². The van der Waals surface area contributed by atoms with Gasteiger partial charge < -0.3 is 9.88 Å². The molecule has 6 nitrogen and oxygen atoms in total. The van der Waals surface area contributed by atoms with Gasteiger partial charge in [-0.25, -0.2) is 4.98 Å². The fourth-order valence-electron chi connectivity index (χ4n) is 3.32. The van der Waals surface area contributed by atoms with Crippen LogP contribution in [0.3, 0.4) is 0 Å². The minimum absolute atomic E-state index is 0.0869. The van der Waals surface area contributed by atoms with Crippen LogP contribution in [0.25, 0.3) is 11.3 Å². The molecule has 1 N–H and O–H groups in total. The van der Waals surface area contributed by atoms with E-state index in [0.29, 0.717) is 18.2 Å². The van der Waals surface area contributed by atoms with Gasteiger partial charge in [0, 0.05) is 31.1 Å². The molecule has 0 unspecified atom stereocenters. The second-order valence-electron chi connectivity index (χ2n) is 6.61. The van der Waals surface area contributed by atoms with Crippen molar-refractivity contribution in [2.24, 2.45) is 0 Å². The predicted octanol–water partition coefficient (Wildman–Crippen LogP) is 4.43. The summed E-state index contributed by atoms with van der Waals surface area (Å²) >= 11 is 0. The van der Waals surface area contributed by atoms with Crippen molar-refractivity contribution in [3.8, 4) is 11.3 Å². The highest BCUT2D eigenvalue weighted by atomic mass is 16.6. The van der Waals surface area contributed by atoms with Gasteiger partial charge in [-0.2, -0.15) is 0 Å². The van der Waals surface area contributed by atoms with E-state index in [-0.39, 0.29) is 10.6 Å². The van der Waals surface area contributed by atoms with Gasteiger partial charge >= 0.3 is 0 Å². The second-order valence-corrected chi connectivity index (χ2v) is 6.61. The van der Waals surface area contributed by atoms with E-state index in [9.17, 15) is 10.1 Å². The Kier molecular flexibility index (Phi) is 4.16. The summed E-state index contributed by atoms with van der Waals surface area (Å²) in [6.07, 6.45) is 4.27. The average molecular weight is 348 g/mol. The molecule has 1 aromatic heterocycles. The molecule has 6 heteroatoms. The Morgan fingerprint density at radius 2 is 2.00 bits per heavy atom. The molecule has 4 rings (SSSR count). The van der Waals surface area contributed by atoms with Gasteiger partial charge in [-0.15, -0.1) is 0 Å². The van der Waals surface area contributed by atoms with E-state index in [0.717, 1.165) is 22.5 Å². The maximum atomic E-state index is 11.1. The summed E-state index contributed by atoms with van der Waals surface area (Å²) in [6.45, 7) is 0.622. The average Bonchev–Trinajstić information content (AvgIpc) is 3.43. The Hall–Kier alpha value is -3.15. The zero-order valence-corrected chi connectivity index (χ0v) is 14.6. The summed E-state index contributed by atoms with van der Waals surface area (Å²) in [7, 11) is 1.70. The van der Waals surface area contributed by atoms with Crippen molar-refractivity contribution in [1.82, 2.24) is 9.55 Å². The van der Waals surface area contributed by atoms with Crippen molar-refractivity contribution in [3.63, 3.8) is 0 Å². The molecule has 0 spiro atoms. The first-order valence-corrected chi connectivity index (χ1v) is 8.73. The summed E-state index contributed by atoms with van der Waals surface area (Å²) in [5.74, 6) is 0.552. The zero-order valence-electron chi connectivity index (χ0n) is 14.6. The number of nitro groups is 1. The van der Waals surface area contributed by atoms with E-state index < -0.39 is 0 Å². The molecular formula is C20H20N4O2. The summed E-state index contributed by atoms with van der Waals surface area (Å²) < 4.78 is 2.14. The molecular weight excluding hydrogens is 328 g/mol. The molecule has 1 aliphatic carbocycles. The highest BCUT2D eigenvalue weighted by Gasteiger charge is 2.30. The molecule has 1 saturated carbocycles. The van der Waals surface area contributed by atoms with Crippen LogP contribution in [0.2, 0.25) is 0 Å². The normalized spacial score (nSPS) is 13.6. The van der Waals surface area contributed by atoms with Crippen LogP contribution in [0.15, 0.2) is 54.9 Å². The molecule has 3 aromatic rings. The van der Waals surface area contributed by atoms with Crippen LogP contribution in [0.4, 0.5) is 11.4 Å². The smallest absolute Gasteiger partial charge is 0.292 e. The van der Waals surface area contributed by atoms with E-state index in [2.05, 4.69) is 27.0 Å². The first-order chi connectivity index (χ1) is 12.7. The molecule has 132 valence electrons. The summed E-state index contributed by atoms with van der Waals surface area (Å²) in [4.78, 5) is 15.4. The Morgan fingerprint density at radius 1 is 1.23 bits per heavy atom. The first-order valence-electron chi connectivity index (χ1n) is 8.73. The molecule has 0 amide bonds. The number of nitrogens with one attached hydrogen (secondary N) is 1. The minimum atomic E-state index is -0.368. The van der Waals surface area contributed by atoms with Crippen molar-refractivity contribution < 1.29 is 4.92 Å². The van der Waals surface area contributed by atoms with Crippen molar-refractivity contribution in [2.45, 2.75) is 25.3 Å². The molecule has 0 bridgehead atoms. The minimum Gasteiger partial charge on any atom is -0.383 e. The fourth-order valence-corrected chi connectivity index (χ4v) is 3.32. The van der Waals surface area contributed by atoms with Crippen LogP contribution < -0.4 is 5.32 Å². The predicted molar refractivity (Wildman–Crippen MR) is 101 cm³/mol. The highest BCUT2D eigenvalue weighted by molar-refractivity contribution is 5.65. The van der Waals surface area contributed by atoms with Gasteiger partial charge in [0.05, 0.1) is 22.6 Å². The number of nitro benzene ring substituents is 1. The standard InChI is InChI=1S/C20H20N4O2/c1-21-17-11-14(7-10-18(17)24(25)26)12-23-13-22-19(15-8-9-15)20(23)16-5-3-2-4-6-16/h2-7,10-11,13,15,21H,8-9,12H2,1H3. The summed E-state index contributed by atoms with van der Waals surface area (Å²) in [5.41, 5.74) is 5.07. The second kappa shape index (κ2) is 6.63. The molecule has 0 saturated heterocycles. The lowest BCUT2D eigenvalue weighted by Crippen LogP contribution is -2.03. The topological polar surface area (TPSA) is 73.0 Å². The number of imidazole rings is 1. The van der Waals surface area contributed by atoms with Crippen LogP contribution in [-0.4, -0.2) is 21.5 Å². The fraction of sp³-hybridized carbons (Fsp3) is 0.250. The van der Waals surface area contributed by atoms with Gasteiger partial charge in [-0.3, -0.25) is 10.1 Å². The van der Waals surface area contributed by atoms with E-state index in [1.807, 2.05) is 36.7 Å². The molecule has 0 aliphatic heterocycles. The SMILES string of the molecule is CNc1cc(Cn2cnc(C3CC3)c2-c2ccccc2)ccc1[N+](=O)[O-]. The van der Waals surface area contributed by atoms with E-state index in [1.165, 1.54) is 12.8 Å². The third kappa shape index (κ3) is 3.06. The first kappa shape index (κ1) is 16.3. The van der Waals surface area contributed by atoms with E-state index in [1.54, 1.807) is 13.1 Å². The lowest BCUT2D eigenvalue weighted by molar-refractivity contribution is -0.383. The van der Waals surface area contributed by atoms with Gasteiger partial charge in [-0.1, -0.05) is 36.4 Å². The Morgan fingerprint density at radius 3 is 2.65 bits per heavy atom. The van der Waals surface area contributed by atoms with Crippen molar-refractivity contribution in [3.05, 3.63) is 76.2 Å². The Balaban J connectivity index is 1.72. The largest absolute Gasteiger partial charge is 0.383 e. The van der Waals surface area contributed by atoms with Crippen LogP contribution >= 0.6 is 0 Å². The number of anilines is 1. The van der Waals surface area contributed by atoms with Gasteiger partial charge in [0.25, 0.3) is 5.69 Å². The van der Waals surface area contributed by atoms with Gasteiger partial charge in [0.15, 0.2) is 0 Å². The molecule has 1 fully saturated rings. The van der Waals surface area contributed by atoms with E-state index in [4.69, 9.17) is 0 Å². The van der Waals surface area contributed by atoms with Crippen molar-refractivity contribution >= 4 is 11.4 Å². The van der Waals surface area contributed by atoms with E-state index >= 15 is 0 Å². The number of rotatable bonds is 6. The maximum absolute atomic E-state index is 11.1. The number of hydrogen-bond acceptors (Lipinski definition) is 4. The molecule has 1 heterocycles. The number of nitrogens with zero attached hydrogens (tertiary/aromatic N) is 3. The monoisotopic (exact) mass is 348 g/mol. The van der Waals surface area contributed by atoms with Crippen LogP contribution in [0.5, 0.6) is 0 Å². The molecule has 0 atom stereocenters. The van der Waals surface area contributed by atoms with Gasteiger partial charge in [-0.05, 0) is 24.5 Å².